The van der Waals surface area contributed by atoms with Crippen LogP contribution in [0.15, 0.2) is 17.6 Å². The van der Waals surface area contributed by atoms with Gasteiger partial charge >= 0.3 is 0 Å². The van der Waals surface area contributed by atoms with Crippen molar-refractivity contribution in [2.45, 2.75) is 11.9 Å². The number of imidazole rings is 1. The second-order valence-corrected chi connectivity index (χ2v) is 4.57. The summed E-state index contributed by atoms with van der Waals surface area (Å²) in [6.07, 6.45) is 5.21. The summed E-state index contributed by atoms with van der Waals surface area (Å²) in [5.41, 5.74) is 1.03. The average molecular weight is 275 g/mol. The minimum atomic E-state index is 0.247. The third-order valence-corrected chi connectivity index (χ3v) is 3.52. The standard InChI is InChI=1S/C9H8Cl2N4S/c1-5-3-12-9(14-8(5)16-2)15-4-13-6(10)7(15)11/h3-4H,1-2H3. The van der Waals surface area contributed by atoms with Crippen molar-refractivity contribution in [3.8, 4) is 5.95 Å². The fourth-order valence-electron chi connectivity index (χ4n) is 1.19. The van der Waals surface area contributed by atoms with Gasteiger partial charge in [-0.1, -0.05) is 23.2 Å². The molecule has 0 aliphatic carbocycles. The van der Waals surface area contributed by atoms with E-state index in [1.54, 1.807) is 22.5 Å². The van der Waals surface area contributed by atoms with Gasteiger partial charge in [0.25, 0.3) is 0 Å². The molecule has 0 saturated heterocycles. The van der Waals surface area contributed by atoms with Crippen molar-refractivity contribution in [2.75, 3.05) is 6.26 Å². The van der Waals surface area contributed by atoms with Gasteiger partial charge in [-0.2, -0.15) is 0 Å². The largest absolute Gasteiger partial charge is 0.256 e. The van der Waals surface area contributed by atoms with Crippen LogP contribution in [0.2, 0.25) is 10.3 Å². The van der Waals surface area contributed by atoms with Crippen molar-refractivity contribution in [3.05, 3.63) is 28.4 Å². The Kier molecular flexibility index (Phi) is 3.37. The van der Waals surface area contributed by atoms with E-state index >= 15 is 0 Å². The molecule has 7 heteroatoms. The number of rotatable bonds is 2. The molecule has 0 bridgehead atoms. The minimum Gasteiger partial charge on any atom is -0.256 e. The van der Waals surface area contributed by atoms with Crippen molar-refractivity contribution in [1.82, 2.24) is 19.5 Å². The normalized spacial score (nSPS) is 10.8. The van der Waals surface area contributed by atoms with Crippen LogP contribution >= 0.6 is 35.0 Å². The lowest BCUT2D eigenvalue weighted by molar-refractivity contribution is 0.874. The number of hydrogen-bond acceptors (Lipinski definition) is 4. The fraction of sp³-hybridized carbons (Fsp3) is 0.222. The maximum absolute atomic E-state index is 5.96. The van der Waals surface area contributed by atoms with Crippen LogP contribution in [0.1, 0.15) is 5.56 Å². The molecule has 0 amide bonds. The molecule has 0 aliphatic rings. The monoisotopic (exact) mass is 274 g/mol. The van der Waals surface area contributed by atoms with Gasteiger partial charge < -0.3 is 0 Å². The summed E-state index contributed by atoms with van der Waals surface area (Å²) >= 11 is 13.3. The summed E-state index contributed by atoms with van der Waals surface area (Å²) in [5.74, 6) is 0.472. The summed E-state index contributed by atoms with van der Waals surface area (Å²) in [4.78, 5) is 12.4. The van der Waals surface area contributed by atoms with E-state index in [2.05, 4.69) is 15.0 Å². The van der Waals surface area contributed by atoms with Gasteiger partial charge in [0, 0.05) is 6.20 Å². The van der Waals surface area contributed by atoms with Crippen LogP contribution in [-0.2, 0) is 0 Å². The molecule has 0 aliphatic heterocycles. The average Bonchev–Trinajstić information content (AvgIpc) is 2.61. The zero-order chi connectivity index (χ0) is 11.7. The van der Waals surface area contributed by atoms with Crippen LogP contribution in [0.5, 0.6) is 0 Å². The summed E-state index contributed by atoms with van der Waals surface area (Å²) in [7, 11) is 0. The third-order valence-electron chi connectivity index (χ3n) is 1.99. The SMILES string of the molecule is CSc1nc(-n2cnc(Cl)c2Cl)ncc1C. The van der Waals surface area contributed by atoms with Gasteiger partial charge in [0.05, 0.1) is 0 Å². The van der Waals surface area contributed by atoms with Crippen LogP contribution in [-0.4, -0.2) is 25.8 Å². The Bertz CT molecular complexity index is 526. The van der Waals surface area contributed by atoms with E-state index in [1.165, 1.54) is 6.33 Å². The Morgan fingerprint density at radius 1 is 1.31 bits per heavy atom. The number of nitrogens with zero attached hydrogens (tertiary/aromatic N) is 4. The summed E-state index contributed by atoms with van der Waals surface area (Å²) in [6.45, 7) is 1.96. The Hall–Kier alpha value is -0.780. The highest BCUT2D eigenvalue weighted by Crippen LogP contribution is 2.23. The molecule has 0 N–H and O–H groups in total. The molecule has 0 radical (unpaired) electrons. The highest BCUT2D eigenvalue weighted by Gasteiger charge is 2.11. The van der Waals surface area contributed by atoms with Gasteiger partial charge in [-0.05, 0) is 18.7 Å². The second kappa shape index (κ2) is 4.61. The van der Waals surface area contributed by atoms with Crippen LogP contribution in [0.25, 0.3) is 5.95 Å². The van der Waals surface area contributed by atoms with Crippen LogP contribution in [0, 0.1) is 6.92 Å². The van der Waals surface area contributed by atoms with E-state index in [9.17, 15) is 0 Å². The zero-order valence-electron chi connectivity index (χ0n) is 8.61. The van der Waals surface area contributed by atoms with Crippen LogP contribution < -0.4 is 0 Å². The first-order valence-corrected chi connectivity index (χ1v) is 6.38. The Balaban J connectivity index is 2.52. The van der Waals surface area contributed by atoms with Crippen molar-refractivity contribution >= 4 is 35.0 Å². The number of hydrogen-bond donors (Lipinski definition) is 0. The van der Waals surface area contributed by atoms with E-state index in [-0.39, 0.29) is 5.15 Å². The molecule has 2 aromatic heterocycles. The Morgan fingerprint density at radius 2 is 2.06 bits per heavy atom. The molecule has 2 heterocycles. The highest BCUT2D eigenvalue weighted by molar-refractivity contribution is 7.98. The predicted octanol–water partition coefficient (Wildman–Crippen LogP) is 3.00. The number of aryl methyl sites for hydroxylation is 1. The zero-order valence-corrected chi connectivity index (χ0v) is 10.9. The first kappa shape index (κ1) is 11.7. The highest BCUT2D eigenvalue weighted by atomic mass is 35.5. The van der Waals surface area contributed by atoms with E-state index in [0.29, 0.717) is 11.1 Å². The van der Waals surface area contributed by atoms with Gasteiger partial charge in [-0.25, -0.2) is 15.0 Å². The number of aromatic nitrogens is 4. The first-order valence-electron chi connectivity index (χ1n) is 4.40. The van der Waals surface area contributed by atoms with E-state index in [1.807, 2.05) is 13.2 Å². The van der Waals surface area contributed by atoms with Gasteiger partial charge in [0.1, 0.15) is 11.4 Å². The van der Waals surface area contributed by atoms with Crippen molar-refractivity contribution < 1.29 is 0 Å². The summed E-state index contributed by atoms with van der Waals surface area (Å²) in [5, 5.41) is 1.47. The molecule has 0 fully saturated rings. The molecule has 2 rings (SSSR count). The lowest BCUT2D eigenvalue weighted by atomic mass is 10.4. The van der Waals surface area contributed by atoms with E-state index in [4.69, 9.17) is 23.2 Å². The Morgan fingerprint density at radius 3 is 2.62 bits per heavy atom. The molecule has 0 atom stereocenters. The van der Waals surface area contributed by atoms with Crippen molar-refractivity contribution in [1.29, 1.82) is 0 Å². The molecule has 0 saturated carbocycles. The molecule has 4 nitrogen and oxygen atoms in total. The van der Waals surface area contributed by atoms with Crippen LogP contribution in [0.4, 0.5) is 0 Å². The summed E-state index contributed by atoms with van der Waals surface area (Å²) in [6, 6.07) is 0. The molecule has 16 heavy (non-hydrogen) atoms. The van der Waals surface area contributed by atoms with Crippen molar-refractivity contribution in [2.24, 2.45) is 0 Å². The number of thioether (sulfide) groups is 1. The van der Waals surface area contributed by atoms with Gasteiger partial charge in [-0.15, -0.1) is 11.8 Å². The molecule has 0 aromatic carbocycles. The van der Waals surface area contributed by atoms with Gasteiger partial charge in [0.15, 0.2) is 10.3 Å². The van der Waals surface area contributed by atoms with Crippen LogP contribution in [0.3, 0.4) is 0 Å². The molecule has 84 valence electrons. The second-order valence-electron chi connectivity index (χ2n) is 3.06. The quantitative estimate of drug-likeness (QED) is 0.624. The van der Waals surface area contributed by atoms with E-state index in [0.717, 1.165) is 10.6 Å². The Labute approximate surface area is 107 Å². The number of halogens is 2. The maximum atomic E-state index is 5.96. The molecule has 0 spiro atoms. The van der Waals surface area contributed by atoms with Crippen molar-refractivity contribution in [3.63, 3.8) is 0 Å². The molecular formula is C9H8Cl2N4S. The lowest BCUT2D eigenvalue weighted by Gasteiger charge is -2.05. The van der Waals surface area contributed by atoms with E-state index < -0.39 is 0 Å². The fourth-order valence-corrected chi connectivity index (χ4v) is 2.04. The molecule has 0 unspecified atom stereocenters. The molecule has 2 aromatic rings. The first-order chi connectivity index (χ1) is 7.63. The molecular weight excluding hydrogens is 267 g/mol. The maximum Gasteiger partial charge on any atom is 0.237 e. The minimum absolute atomic E-state index is 0.247. The third kappa shape index (κ3) is 2.03. The van der Waals surface area contributed by atoms with Gasteiger partial charge in [0.2, 0.25) is 5.95 Å². The predicted molar refractivity (Wildman–Crippen MR) is 65.7 cm³/mol. The smallest absolute Gasteiger partial charge is 0.237 e. The lowest BCUT2D eigenvalue weighted by Crippen LogP contribution is -2.01. The topological polar surface area (TPSA) is 43.6 Å². The van der Waals surface area contributed by atoms with Gasteiger partial charge in [-0.3, -0.25) is 4.57 Å². The summed E-state index contributed by atoms with van der Waals surface area (Å²) < 4.78 is 1.54.